The van der Waals surface area contributed by atoms with E-state index in [1.807, 2.05) is 6.21 Å². The quantitative estimate of drug-likeness (QED) is 0.420. The Morgan fingerprint density at radius 1 is 1.14 bits per heavy atom. The molecule has 0 radical (unpaired) electrons. The van der Waals surface area contributed by atoms with Gasteiger partial charge in [0.25, 0.3) is 0 Å². The number of unbranched alkanes of at least 4 members (excludes halogenated alkanes) is 2. The second kappa shape index (κ2) is 11.4. The standard InChI is InChI=1S/C24H39N3OS/c1-4-5-6-14-25-24-9-7-8-23(19-21(24)3)29(28)27-17-12-22(13-18-27)26-15-10-20(2)11-16-26/h8-9,14,19-20,22H,4-7,10-13,15-18H2,1-3H3. The Morgan fingerprint density at radius 3 is 2.55 bits per heavy atom. The Balaban J connectivity index is 1.52. The van der Waals surface area contributed by atoms with Gasteiger partial charge in [-0.1, -0.05) is 32.4 Å². The van der Waals surface area contributed by atoms with E-state index in [0.29, 0.717) is 6.04 Å². The Labute approximate surface area is 180 Å². The molecule has 0 amide bonds. The predicted octanol–water partition coefficient (Wildman–Crippen LogP) is 5.23. The first-order chi connectivity index (χ1) is 14.1. The highest BCUT2D eigenvalue weighted by Crippen LogP contribution is 2.27. The molecule has 1 aliphatic carbocycles. The van der Waals surface area contributed by atoms with Crippen LogP contribution in [0.5, 0.6) is 0 Å². The molecule has 1 atom stereocenters. The van der Waals surface area contributed by atoms with Crippen LogP contribution in [0.2, 0.25) is 0 Å². The largest absolute Gasteiger partial charge is 0.300 e. The summed E-state index contributed by atoms with van der Waals surface area (Å²) in [6.07, 6.45) is 17.5. The molecule has 29 heavy (non-hydrogen) atoms. The topological polar surface area (TPSA) is 35.9 Å². The van der Waals surface area contributed by atoms with Gasteiger partial charge in [0.05, 0.1) is 10.6 Å². The zero-order chi connectivity index (χ0) is 20.6. The fourth-order valence-electron chi connectivity index (χ4n) is 4.44. The van der Waals surface area contributed by atoms with Crippen LogP contribution in [-0.2, 0) is 11.0 Å². The Kier molecular flexibility index (Phi) is 8.88. The van der Waals surface area contributed by atoms with Crippen molar-refractivity contribution in [2.24, 2.45) is 10.9 Å². The van der Waals surface area contributed by atoms with Crippen LogP contribution in [0, 0.1) is 5.92 Å². The maximum Gasteiger partial charge on any atom is 0.127 e. The molecule has 4 nitrogen and oxygen atoms in total. The van der Waals surface area contributed by atoms with Crippen molar-refractivity contribution in [3.63, 3.8) is 0 Å². The number of nitrogens with zero attached hydrogens (tertiary/aromatic N) is 3. The van der Waals surface area contributed by atoms with Crippen LogP contribution >= 0.6 is 0 Å². The lowest BCUT2D eigenvalue weighted by molar-refractivity contribution is 0.102. The Hall–Kier alpha value is -1.04. The molecule has 1 unspecified atom stereocenters. The molecule has 0 saturated carbocycles. The van der Waals surface area contributed by atoms with Crippen molar-refractivity contribution in [3.8, 4) is 0 Å². The Morgan fingerprint density at radius 2 is 1.86 bits per heavy atom. The molecular formula is C24H39N3OS. The van der Waals surface area contributed by atoms with Crippen LogP contribution in [0.3, 0.4) is 0 Å². The first-order valence-electron chi connectivity index (χ1n) is 11.6. The van der Waals surface area contributed by atoms with Crippen molar-refractivity contribution in [2.45, 2.75) is 78.2 Å². The van der Waals surface area contributed by atoms with Crippen LogP contribution in [0.15, 0.2) is 39.4 Å². The molecule has 2 fully saturated rings. The summed E-state index contributed by atoms with van der Waals surface area (Å²) in [6.45, 7) is 11.0. The molecule has 0 aromatic carbocycles. The predicted molar refractivity (Wildman–Crippen MR) is 125 cm³/mol. The third kappa shape index (κ3) is 6.47. The van der Waals surface area contributed by atoms with Crippen molar-refractivity contribution in [2.75, 3.05) is 26.2 Å². The SMILES string of the molecule is CCCCC=NC1=CCC=C(S(=O)N2CCC(N3CCC(C)CC3)CC2)C=C1C. The lowest BCUT2D eigenvalue weighted by Crippen LogP contribution is -2.47. The summed E-state index contributed by atoms with van der Waals surface area (Å²) in [5.41, 5.74) is 2.15. The first kappa shape index (κ1) is 22.6. The van der Waals surface area contributed by atoms with Crippen LogP contribution in [0.4, 0.5) is 0 Å². The Bertz CT molecular complexity index is 678. The minimum atomic E-state index is -1.06. The monoisotopic (exact) mass is 417 g/mol. The fraction of sp³-hybridized carbons (Fsp3) is 0.708. The molecule has 2 heterocycles. The van der Waals surface area contributed by atoms with Gasteiger partial charge in [0.1, 0.15) is 11.0 Å². The molecule has 162 valence electrons. The number of piperidine rings is 2. The number of likely N-dealkylation sites (tertiary alicyclic amines) is 1. The van der Waals surface area contributed by atoms with Crippen LogP contribution in [0.1, 0.15) is 72.1 Å². The summed E-state index contributed by atoms with van der Waals surface area (Å²) < 4.78 is 15.4. The molecule has 5 heteroatoms. The summed E-state index contributed by atoms with van der Waals surface area (Å²) >= 11 is 0. The summed E-state index contributed by atoms with van der Waals surface area (Å²) in [4.78, 5) is 8.28. The van der Waals surface area contributed by atoms with Gasteiger partial charge in [-0.05, 0) is 82.5 Å². The second-order valence-electron chi connectivity index (χ2n) is 8.84. The van der Waals surface area contributed by atoms with Gasteiger partial charge < -0.3 is 4.90 Å². The zero-order valence-corrected chi connectivity index (χ0v) is 19.4. The average Bonchev–Trinajstić information content (AvgIpc) is 2.93. The molecule has 0 bridgehead atoms. The van der Waals surface area contributed by atoms with E-state index in [9.17, 15) is 4.21 Å². The highest BCUT2D eigenvalue weighted by molar-refractivity contribution is 7.86. The molecule has 0 aromatic heterocycles. The van der Waals surface area contributed by atoms with E-state index in [2.05, 4.69) is 53.2 Å². The van der Waals surface area contributed by atoms with Crippen molar-refractivity contribution in [1.29, 1.82) is 0 Å². The van der Waals surface area contributed by atoms with E-state index in [1.165, 1.54) is 38.8 Å². The normalized spacial score (nSPS) is 24.9. The molecule has 2 aliphatic heterocycles. The molecule has 2 saturated heterocycles. The number of allylic oxidation sites excluding steroid dienone is 4. The summed E-state index contributed by atoms with van der Waals surface area (Å²) in [7, 11) is -1.06. The maximum atomic E-state index is 13.2. The number of hydrogen-bond donors (Lipinski definition) is 0. The maximum absolute atomic E-state index is 13.2. The number of hydrogen-bond acceptors (Lipinski definition) is 3. The number of rotatable bonds is 7. The lowest BCUT2D eigenvalue weighted by atomic mass is 9.95. The smallest absolute Gasteiger partial charge is 0.127 e. The first-order valence-corrected chi connectivity index (χ1v) is 12.7. The third-order valence-electron chi connectivity index (χ3n) is 6.50. The second-order valence-corrected chi connectivity index (χ2v) is 10.3. The van der Waals surface area contributed by atoms with E-state index in [-0.39, 0.29) is 0 Å². The van der Waals surface area contributed by atoms with Crippen LogP contribution in [-0.4, -0.2) is 51.8 Å². The minimum Gasteiger partial charge on any atom is -0.300 e. The summed E-state index contributed by atoms with van der Waals surface area (Å²) in [5.74, 6) is 0.880. The van der Waals surface area contributed by atoms with Gasteiger partial charge in [-0.3, -0.25) is 4.99 Å². The number of aliphatic imine (C=N–C) groups is 1. The molecule has 3 aliphatic rings. The lowest BCUT2D eigenvalue weighted by Gasteiger charge is -2.41. The van der Waals surface area contributed by atoms with Crippen LogP contribution < -0.4 is 0 Å². The van der Waals surface area contributed by atoms with Crippen LogP contribution in [0.25, 0.3) is 0 Å². The van der Waals surface area contributed by atoms with Crippen molar-refractivity contribution in [3.05, 3.63) is 34.4 Å². The molecular weight excluding hydrogens is 378 g/mol. The van der Waals surface area contributed by atoms with Gasteiger partial charge in [-0.2, -0.15) is 0 Å². The molecule has 0 N–H and O–H groups in total. The molecule has 0 aromatic rings. The van der Waals surface area contributed by atoms with E-state index in [1.54, 1.807) is 0 Å². The molecule has 3 rings (SSSR count). The fourth-order valence-corrected chi connectivity index (χ4v) is 5.80. The van der Waals surface area contributed by atoms with E-state index in [4.69, 9.17) is 0 Å². The summed E-state index contributed by atoms with van der Waals surface area (Å²) in [5, 5.41) is 0. The van der Waals surface area contributed by atoms with Crippen molar-refractivity contribution in [1.82, 2.24) is 9.21 Å². The average molecular weight is 418 g/mol. The van der Waals surface area contributed by atoms with Gasteiger partial charge in [-0.25, -0.2) is 8.51 Å². The molecule has 0 spiro atoms. The van der Waals surface area contributed by atoms with E-state index < -0.39 is 11.0 Å². The third-order valence-corrected chi connectivity index (χ3v) is 8.03. The zero-order valence-electron chi connectivity index (χ0n) is 18.6. The highest BCUT2D eigenvalue weighted by atomic mass is 32.2. The van der Waals surface area contributed by atoms with Gasteiger partial charge in [-0.15, -0.1) is 0 Å². The van der Waals surface area contributed by atoms with Crippen molar-refractivity contribution >= 4 is 17.2 Å². The van der Waals surface area contributed by atoms with Crippen molar-refractivity contribution < 1.29 is 4.21 Å². The highest BCUT2D eigenvalue weighted by Gasteiger charge is 2.29. The van der Waals surface area contributed by atoms with E-state index >= 15 is 0 Å². The minimum absolute atomic E-state index is 0.682. The van der Waals surface area contributed by atoms with E-state index in [0.717, 1.165) is 60.9 Å². The van der Waals surface area contributed by atoms with Gasteiger partial charge >= 0.3 is 0 Å². The summed E-state index contributed by atoms with van der Waals surface area (Å²) in [6, 6.07) is 0.682. The van der Waals surface area contributed by atoms with Gasteiger partial charge in [0, 0.05) is 25.3 Å². The van der Waals surface area contributed by atoms with Gasteiger partial charge in [0.15, 0.2) is 0 Å². The van der Waals surface area contributed by atoms with Gasteiger partial charge in [0.2, 0.25) is 0 Å².